The highest BCUT2D eigenvalue weighted by Crippen LogP contribution is 2.26. The number of nitrogens with one attached hydrogen (secondary N) is 3. The predicted molar refractivity (Wildman–Crippen MR) is 84.5 cm³/mol. The molecular formula is C14H24N6O. The Morgan fingerprint density at radius 2 is 2.00 bits per heavy atom. The van der Waals surface area contributed by atoms with E-state index in [1.807, 2.05) is 0 Å². The normalized spacial score (nSPS) is 11.8. The van der Waals surface area contributed by atoms with Crippen molar-refractivity contribution < 1.29 is 5.11 Å². The quantitative estimate of drug-likeness (QED) is 0.595. The van der Waals surface area contributed by atoms with Crippen LogP contribution in [0.2, 0.25) is 0 Å². The largest absolute Gasteiger partial charge is 0.394 e. The highest BCUT2D eigenvalue weighted by molar-refractivity contribution is 5.87. The first-order valence-corrected chi connectivity index (χ1v) is 7.52. The van der Waals surface area contributed by atoms with Crippen LogP contribution in [0.1, 0.15) is 40.0 Å². The van der Waals surface area contributed by atoms with E-state index in [1.165, 1.54) is 0 Å². The van der Waals surface area contributed by atoms with E-state index in [0.29, 0.717) is 17.4 Å². The fourth-order valence-electron chi connectivity index (χ4n) is 2.19. The van der Waals surface area contributed by atoms with Crippen LogP contribution < -0.4 is 10.6 Å². The van der Waals surface area contributed by atoms with E-state index in [1.54, 1.807) is 6.20 Å². The van der Waals surface area contributed by atoms with Crippen molar-refractivity contribution in [1.82, 2.24) is 20.2 Å². The van der Waals surface area contributed by atoms with Crippen LogP contribution in [0.4, 0.5) is 11.8 Å². The maximum Gasteiger partial charge on any atom is 0.226 e. The lowest BCUT2D eigenvalue weighted by molar-refractivity contribution is 0.202. The number of aliphatic hydroxyl groups excluding tert-OH is 1. The molecule has 116 valence electrons. The minimum Gasteiger partial charge on any atom is -0.394 e. The number of aromatic amines is 1. The summed E-state index contributed by atoms with van der Waals surface area (Å²) < 4.78 is 0. The Labute approximate surface area is 124 Å². The number of hydrogen-bond acceptors (Lipinski definition) is 6. The molecule has 7 heteroatoms. The standard InChI is InChI=1S/C14H24N6O/c1-4-7-15-13-17-11(10-8-16-20-12(10)18-13)19-14(5-2,6-3)9-21/h8,21H,4-7,9H2,1-3H3,(H3,15,16,17,18,19,20). The van der Waals surface area contributed by atoms with E-state index in [0.717, 1.165) is 31.2 Å². The summed E-state index contributed by atoms with van der Waals surface area (Å²) in [6.45, 7) is 7.06. The Bertz CT molecular complexity index is 570. The summed E-state index contributed by atoms with van der Waals surface area (Å²) in [5.41, 5.74) is 0.311. The SMILES string of the molecule is CCCNc1nc(NC(CC)(CC)CO)c2cn[nH]c2n1. The molecule has 0 saturated heterocycles. The monoisotopic (exact) mass is 292 g/mol. The van der Waals surface area contributed by atoms with Crippen molar-refractivity contribution in [3.63, 3.8) is 0 Å². The van der Waals surface area contributed by atoms with Crippen molar-refractivity contribution in [2.24, 2.45) is 0 Å². The van der Waals surface area contributed by atoms with Crippen molar-refractivity contribution in [3.8, 4) is 0 Å². The first-order chi connectivity index (χ1) is 10.2. The number of rotatable bonds is 8. The maximum absolute atomic E-state index is 9.73. The molecule has 0 bridgehead atoms. The van der Waals surface area contributed by atoms with Gasteiger partial charge in [-0.3, -0.25) is 5.10 Å². The van der Waals surface area contributed by atoms with Crippen LogP contribution in [0.5, 0.6) is 0 Å². The lowest BCUT2D eigenvalue weighted by Gasteiger charge is -2.31. The number of nitrogens with zero attached hydrogens (tertiary/aromatic N) is 3. The Morgan fingerprint density at radius 3 is 2.62 bits per heavy atom. The van der Waals surface area contributed by atoms with Gasteiger partial charge in [0.25, 0.3) is 0 Å². The molecule has 2 heterocycles. The van der Waals surface area contributed by atoms with E-state index in [4.69, 9.17) is 0 Å². The number of hydrogen-bond donors (Lipinski definition) is 4. The first kappa shape index (κ1) is 15.5. The average Bonchev–Trinajstić information content (AvgIpc) is 2.99. The van der Waals surface area contributed by atoms with Gasteiger partial charge in [0, 0.05) is 6.54 Å². The van der Waals surface area contributed by atoms with Gasteiger partial charge in [0.2, 0.25) is 5.95 Å². The van der Waals surface area contributed by atoms with E-state index in [9.17, 15) is 5.11 Å². The van der Waals surface area contributed by atoms with Gasteiger partial charge in [0.1, 0.15) is 5.82 Å². The molecule has 0 radical (unpaired) electrons. The number of fused-ring (bicyclic) bond motifs is 1. The third-order valence-electron chi connectivity index (χ3n) is 3.88. The van der Waals surface area contributed by atoms with Gasteiger partial charge in [-0.15, -0.1) is 0 Å². The summed E-state index contributed by atoms with van der Waals surface area (Å²) in [6, 6.07) is 0. The second kappa shape index (κ2) is 6.71. The van der Waals surface area contributed by atoms with Gasteiger partial charge in [-0.05, 0) is 19.3 Å². The molecule has 0 unspecified atom stereocenters. The first-order valence-electron chi connectivity index (χ1n) is 7.52. The highest BCUT2D eigenvalue weighted by Gasteiger charge is 2.26. The zero-order valence-electron chi connectivity index (χ0n) is 12.9. The molecule has 2 aromatic rings. The second-order valence-electron chi connectivity index (χ2n) is 5.23. The molecule has 0 aliphatic carbocycles. The fraction of sp³-hybridized carbons (Fsp3) is 0.643. The summed E-state index contributed by atoms with van der Waals surface area (Å²) in [4.78, 5) is 8.93. The lowest BCUT2D eigenvalue weighted by Crippen LogP contribution is -2.41. The zero-order chi connectivity index (χ0) is 15.3. The Balaban J connectivity index is 2.38. The van der Waals surface area contributed by atoms with Gasteiger partial charge in [0.15, 0.2) is 5.65 Å². The maximum atomic E-state index is 9.73. The van der Waals surface area contributed by atoms with Crippen LogP contribution in [-0.4, -0.2) is 44.0 Å². The Hall–Kier alpha value is -1.89. The fourth-order valence-corrected chi connectivity index (χ4v) is 2.19. The van der Waals surface area contributed by atoms with Crippen LogP contribution in [0.3, 0.4) is 0 Å². The topological polar surface area (TPSA) is 98.8 Å². The minimum atomic E-state index is -0.374. The smallest absolute Gasteiger partial charge is 0.226 e. The van der Waals surface area contributed by atoms with Crippen LogP contribution in [0, 0.1) is 0 Å². The molecule has 0 fully saturated rings. The molecule has 0 aliphatic rings. The molecule has 4 N–H and O–H groups in total. The Kier molecular flexibility index (Phi) is 4.95. The third-order valence-corrected chi connectivity index (χ3v) is 3.88. The van der Waals surface area contributed by atoms with Gasteiger partial charge >= 0.3 is 0 Å². The van der Waals surface area contributed by atoms with Crippen molar-refractivity contribution >= 4 is 22.8 Å². The summed E-state index contributed by atoms with van der Waals surface area (Å²) in [5.74, 6) is 1.26. The van der Waals surface area contributed by atoms with E-state index in [2.05, 4.69) is 51.6 Å². The molecule has 0 aromatic carbocycles. The molecule has 0 spiro atoms. The van der Waals surface area contributed by atoms with Crippen LogP contribution >= 0.6 is 0 Å². The van der Waals surface area contributed by atoms with Crippen molar-refractivity contribution in [2.75, 3.05) is 23.8 Å². The molecular weight excluding hydrogens is 268 g/mol. The van der Waals surface area contributed by atoms with Crippen molar-refractivity contribution in [3.05, 3.63) is 6.20 Å². The molecule has 0 amide bonds. The molecule has 7 nitrogen and oxygen atoms in total. The van der Waals surface area contributed by atoms with Gasteiger partial charge in [-0.25, -0.2) is 0 Å². The number of anilines is 2. The number of H-pyrrole nitrogens is 1. The van der Waals surface area contributed by atoms with Gasteiger partial charge < -0.3 is 15.7 Å². The summed E-state index contributed by atoms with van der Waals surface area (Å²) in [5, 5.41) is 24.0. The highest BCUT2D eigenvalue weighted by atomic mass is 16.3. The second-order valence-corrected chi connectivity index (χ2v) is 5.23. The van der Waals surface area contributed by atoms with Crippen LogP contribution in [0.25, 0.3) is 11.0 Å². The van der Waals surface area contributed by atoms with Gasteiger partial charge in [-0.1, -0.05) is 20.8 Å². The zero-order valence-corrected chi connectivity index (χ0v) is 12.9. The van der Waals surface area contributed by atoms with Gasteiger partial charge in [0.05, 0.1) is 23.7 Å². The number of aromatic nitrogens is 4. The Morgan fingerprint density at radius 1 is 1.24 bits per heavy atom. The molecule has 0 saturated carbocycles. The van der Waals surface area contributed by atoms with Crippen molar-refractivity contribution in [1.29, 1.82) is 0 Å². The average molecular weight is 292 g/mol. The summed E-state index contributed by atoms with van der Waals surface area (Å²) >= 11 is 0. The van der Waals surface area contributed by atoms with Gasteiger partial charge in [-0.2, -0.15) is 15.1 Å². The molecule has 2 aromatic heterocycles. The molecule has 0 atom stereocenters. The summed E-state index contributed by atoms with van der Waals surface area (Å²) in [7, 11) is 0. The van der Waals surface area contributed by atoms with E-state index >= 15 is 0 Å². The van der Waals surface area contributed by atoms with E-state index in [-0.39, 0.29) is 12.1 Å². The molecule has 2 rings (SSSR count). The third kappa shape index (κ3) is 3.24. The molecule has 0 aliphatic heterocycles. The van der Waals surface area contributed by atoms with E-state index < -0.39 is 0 Å². The van der Waals surface area contributed by atoms with Crippen LogP contribution in [0.15, 0.2) is 6.20 Å². The molecule has 21 heavy (non-hydrogen) atoms. The number of aliphatic hydroxyl groups is 1. The van der Waals surface area contributed by atoms with Crippen LogP contribution in [-0.2, 0) is 0 Å². The summed E-state index contributed by atoms with van der Waals surface area (Å²) in [6.07, 6.45) is 4.31. The lowest BCUT2D eigenvalue weighted by atomic mass is 9.94. The van der Waals surface area contributed by atoms with Crippen molar-refractivity contribution in [2.45, 2.75) is 45.6 Å². The predicted octanol–water partition coefficient (Wildman–Crippen LogP) is 2.14. The minimum absolute atomic E-state index is 0.0566.